The normalized spacial score (nSPS) is 15.8. The van der Waals surface area contributed by atoms with Crippen LogP contribution in [0, 0.1) is 0 Å². The summed E-state index contributed by atoms with van der Waals surface area (Å²) < 4.78 is 37.9. The van der Waals surface area contributed by atoms with Gasteiger partial charge in [0.2, 0.25) is 10.0 Å². The molecule has 150 valence electrons. The number of carbonyl (C=O) groups is 1. The summed E-state index contributed by atoms with van der Waals surface area (Å²) in [6.07, 6.45) is 4.16. The van der Waals surface area contributed by atoms with Crippen molar-refractivity contribution in [3.8, 4) is 11.5 Å². The lowest BCUT2D eigenvalue weighted by Gasteiger charge is -2.32. The van der Waals surface area contributed by atoms with Crippen molar-refractivity contribution in [3.05, 3.63) is 48.3 Å². The molecule has 1 aliphatic rings. The Morgan fingerprint density at radius 3 is 2.54 bits per heavy atom. The molecular formula is C19H23N3O5S. The van der Waals surface area contributed by atoms with Crippen molar-refractivity contribution in [2.45, 2.75) is 23.8 Å². The van der Waals surface area contributed by atoms with Gasteiger partial charge in [-0.1, -0.05) is 0 Å². The Balaban J connectivity index is 1.68. The molecule has 3 rings (SSSR count). The maximum absolute atomic E-state index is 13.1. The fourth-order valence-corrected chi connectivity index (χ4v) is 4.77. The smallest absolute Gasteiger partial charge is 0.253 e. The summed E-state index contributed by atoms with van der Waals surface area (Å²) in [5, 5.41) is 2.94. The first-order chi connectivity index (χ1) is 13.5. The minimum atomic E-state index is -3.74. The summed E-state index contributed by atoms with van der Waals surface area (Å²) in [6, 6.07) is 7.99. The van der Waals surface area contributed by atoms with Crippen LogP contribution in [-0.2, 0) is 10.0 Å². The monoisotopic (exact) mass is 405 g/mol. The molecule has 0 saturated carbocycles. The first kappa shape index (κ1) is 20.1. The van der Waals surface area contributed by atoms with Gasteiger partial charge in [-0.2, -0.15) is 4.31 Å². The van der Waals surface area contributed by atoms with Crippen molar-refractivity contribution in [2.75, 3.05) is 27.3 Å². The zero-order chi connectivity index (χ0) is 20.1. The Morgan fingerprint density at radius 1 is 1.18 bits per heavy atom. The van der Waals surface area contributed by atoms with Crippen LogP contribution in [0.3, 0.4) is 0 Å². The molecule has 2 aromatic rings. The molecule has 1 N–H and O–H groups in total. The Hall–Kier alpha value is -2.65. The highest BCUT2D eigenvalue weighted by molar-refractivity contribution is 7.89. The van der Waals surface area contributed by atoms with E-state index in [1.54, 1.807) is 30.5 Å². The van der Waals surface area contributed by atoms with Gasteiger partial charge in [0.25, 0.3) is 5.91 Å². The van der Waals surface area contributed by atoms with Gasteiger partial charge in [0.15, 0.2) is 0 Å². The van der Waals surface area contributed by atoms with E-state index in [1.807, 2.05) is 0 Å². The van der Waals surface area contributed by atoms with E-state index in [-0.39, 0.29) is 22.6 Å². The van der Waals surface area contributed by atoms with Gasteiger partial charge in [0.1, 0.15) is 16.4 Å². The number of nitrogens with zero attached hydrogens (tertiary/aromatic N) is 2. The highest BCUT2D eigenvalue weighted by Gasteiger charge is 2.32. The number of hydrogen-bond donors (Lipinski definition) is 1. The summed E-state index contributed by atoms with van der Waals surface area (Å²) in [4.78, 5) is 16.3. The lowest BCUT2D eigenvalue weighted by atomic mass is 10.1. The summed E-state index contributed by atoms with van der Waals surface area (Å²) >= 11 is 0. The van der Waals surface area contributed by atoms with Crippen molar-refractivity contribution in [2.24, 2.45) is 0 Å². The predicted octanol–water partition coefficient (Wildman–Crippen LogP) is 1.68. The summed E-state index contributed by atoms with van der Waals surface area (Å²) in [6.45, 7) is 0.612. The van der Waals surface area contributed by atoms with E-state index in [2.05, 4.69) is 10.3 Å². The summed E-state index contributed by atoms with van der Waals surface area (Å²) in [5.41, 5.74) is 0.485. The van der Waals surface area contributed by atoms with E-state index in [0.29, 0.717) is 37.2 Å². The minimum absolute atomic E-state index is 0.0761. The van der Waals surface area contributed by atoms with E-state index < -0.39 is 10.0 Å². The number of piperidine rings is 1. The van der Waals surface area contributed by atoms with Crippen molar-refractivity contribution < 1.29 is 22.7 Å². The number of pyridine rings is 1. The van der Waals surface area contributed by atoms with Crippen LogP contribution in [0.15, 0.2) is 47.6 Å². The number of aromatic nitrogens is 1. The van der Waals surface area contributed by atoms with E-state index in [9.17, 15) is 13.2 Å². The van der Waals surface area contributed by atoms with Crippen molar-refractivity contribution >= 4 is 15.9 Å². The number of amides is 1. The van der Waals surface area contributed by atoms with Crippen molar-refractivity contribution in [1.82, 2.24) is 14.6 Å². The van der Waals surface area contributed by atoms with Crippen LogP contribution >= 0.6 is 0 Å². The summed E-state index contributed by atoms with van der Waals surface area (Å²) in [7, 11) is -0.823. The van der Waals surface area contributed by atoms with Gasteiger partial charge in [-0.15, -0.1) is 0 Å². The number of benzene rings is 1. The Kier molecular flexibility index (Phi) is 6.15. The van der Waals surface area contributed by atoms with Crippen LogP contribution in [0.25, 0.3) is 0 Å². The van der Waals surface area contributed by atoms with Crippen LogP contribution in [-0.4, -0.2) is 57.0 Å². The van der Waals surface area contributed by atoms with Crippen molar-refractivity contribution in [1.29, 1.82) is 0 Å². The van der Waals surface area contributed by atoms with Crippen LogP contribution in [0.4, 0.5) is 0 Å². The minimum Gasteiger partial charge on any atom is -0.497 e. The third-order valence-corrected chi connectivity index (χ3v) is 6.62. The molecule has 1 saturated heterocycles. The molecule has 0 aliphatic carbocycles. The largest absolute Gasteiger partial charge is 0.497 e. The van der Waals surface area contributed by atoms with Gasteiger partial charge in [-0.3, -0.25) is 9.78 Å². The molecule has 28 heavy (non-hydrogen) atoms. The first-order valence-corrected chi connectivity index (χ1v) is 10.3. The maximum atomic E-state index is 13.1. The molecule has 0 bridgehead atoms. The molecule has 8 nitrogen and oxygen atoms in total. The highest BCUT2D eigenvalue weighted by atomic mass is 32.2. The molecule has 2 heterocycles. The van der Waals surface area contributed by atoms with Crippen LogP contribution in [0.5, 0.6) is 11.5 Å². The van der Waals surface area contributed by atoms with E-state index in [0.717, 1.165) is 0 Å². The van der Waals surface area contributed by atoms with Gasteiger partial charge in [0.05, 0.1) is 19.8 Å². The third-order valence-electron chi connectivity index (χ3n) is 4.70. The predicted molar refractivity (Wildman–Crippen MR) is 103 cm³/mol. The molecule has 9 heteroatoms. The SMILES string of the molecule is COc1ccc(OC)c(S(=O)(=O)N2CCC(NC(=O)c3cccnc3)CC2)c1. The van der Waals surface area contributed by atoms with Gasteiger partial charge >= 0.3 is 0 Å². The van der Waals surface area contributed by atoms with Crippen LogP contribution in [0.1, 0.15) is 23.2 Å². The topological polar surface area (TPSA) is 97.8 Å². The molecule has 1 aromatic heterocycles. The van der Waals surface area contributed by atoms with Gasteiger partial charge in [0, 0.05) is 37.6 Å². The fourth-order valence-electron chi connectivity index (χ4n) is 3.13. The standard InChI is InChI=1S/C19H23N3O5S/c1-26-16-5-6-17(27-2)18(12-16)28(24,25)22-10-7-15(8-11-22)21-19(23)14-4-3-9-20-13-14/h3-6,9,12-13,15H,7-8,10-11H2,1-2H3,(H,21,23). The molecular weight excluding hydrogens is 382 g/mol. The first-order valence-electron chi connectivity index (χ1n) is 8.88. The molecule has 1 amide bonds. The molecule has 1 fully saturated rings. The Labute approximate surface area is 164 Å². The lowest BCUT2D eigenvalue weighted by Crippen LogP contribution is -2.46. The molecule has 0 unspecified atom stereocenters. The zero-order valence-corrected chi connectivity index (χ0v) is 16.6. The van der Waals surface area contributed by atoms with E-state index in [4.69, 9.17) is 9.47 Å². The Morgan fingerprint density at radius 2 is 1.93 bits per heavy atom. The molecule has 0 spiro atoms. The highest BCUT2D eigenvalue weighted by Crippen LogP contribution is 2.31. The lowest BCUT2D eigenvalue weighted by molar-refractivity contribution is 0.0923. The second-order valence-corrected chi connectivity index (χ2v) is 8.32. The number of hydrogen-bond acceptors (Lipinski definition) is 6. The maximum Gasteiger partial charge on any atom is 0.253 e. The molecule has 0 radical (unpaired) electrons. The Bertz CT molecular complexity index is 926. The number of ether oxygens (including phenoxy) is 2. The second-order valence-electron chi connectivity index (χ2n) is 6.41. The molecule has 1 aliphatic heterocycles. The number of carbonyl (C=O) groups excluding carboxylic acids is 1. The van der Waals surface area contributed by atoms with Gasteiger partial charge in [-0.25, -0.2) is 8.42 Å². The average Bonchev–Trinajstić information content (AvgIpc) is 2.74. The average molecular weight is 405 g/mol. The molecule has 0 atom stereocenters. The van der Waals surface area contributed by atoms with Crippen LogP contribution in [0.2, 0.25) is 0 Å². The van der Waals surface area contributed by atoms with E-state index in [1.165, 1.54) is 30.8 Å². The number of nitrogens with one attached hydrogen (secondary N) is 1. The third kappa shape index (κ3) is 4.26. The van der Waals surface area contributed by atoms with Gasteiger partial charge < -0.3 is 14.8 Å². The van der Waals surface area contributed by atoms with Gasteiger partial charge in [-0.05, 0) is 37.1 Å². The fraction of sp³-hybridized carbons (Fsp3) is 0.368. The second kappa shape index (κ2) is 8.57. The number of sulfonamides is 1. The summed E-state index contributed by atoms with van der Waals surface area (Å²) in [5.74, 6) is 0.509. The number of methoxy groups -OCH3 is 2. The van der Waals surface area contributed by atoms with E-state index >= 15 is 0 Å². The van der Waals surface area contributed by atoms with Crippen molar-refractivity contribution in [3.63, 3.8) is 0 Å². The number of rotatable bonds is 6. The molecule has 1 aromatic carbocycles. The zero-order valence-electron chi connectivity index (χ0n) is 15.8. The quantitative estimate of drug-likeness (QED) is 0.785. The van der Waals surface area contributed by atoms with Crippen LogP contribution < -0.4 is 14.8 Å².